The smallest absolute Gasteiger partial charge is 0.240 e. The Morgan fingerprint density at radius 2 is 1.92 bits per heavy atom. The Morgan fingerprint density at radius 1 is 1.25 bits per heavy atom. The standard InChI is InChI=1S/C17H22N2O4S/c1-17(21,13-3-4-13)10-18-24(22,23)14-8-11-2-5-15(20)19-7-6-12(9-14)16(11)19/h8-9,13,18,21H,2-7,10H2,1H3. The van der Waals surface area contributed by atoms with Crippen LogP contribution in [0.1, 0.15) is 37.3 Å². The molecular weight excluding hydrogens is 328 g/mol. The monoisotopic (exact) mass is 350 g/mol. The predicted molar refractivity (Wildman–Crippen MR) is 89.4 cm³/mol. The zero-order valence-corrected chi connectivity index (χ0v) is 14.5. The third-order valence-electron chi connectivity index (χ3n) is 5.41. The van der Waals surface area contributed by atoms with Crippen LogP contribution in [0.2, 0.25) is 0 Å². The van der Waals surface area contributed by atoms with Gasteiger partial charge in [-0.2, -0.15) is 0 Å². The van der Waals surface area contributed by atoms with Crippen molar-refractivity contribution in [3.05, 3.63) is 23.3 Å². The number of aryl methyl sites for hydroxylation is 1. The number of carbonyl (C=O) groups excluding carboxylic acids is 1. The fourth-order valence-corrected chi connectivity index (χ4v) is 5.00. The van der Waals surface area contributed by atoms with Gasteiger partial charge in [0.25, 0.3) is 0 Å². The number of rotatable bonds is 5. The molecule has 24 heavy (non-hydrogen) atoms. The summed E-state index contributed by atoms with van der Waals surface area (Å²) in [6.45, 7) is 2.34. The van der Waals surface area contributed by atoms with Crippen molar-refractivity contribution >= 4 is 21.6 Å². The fourth-order valence-electron chi connectivity index (χ4n) is 3.76. The lowest BCUT2D eigenvalue weighted by atomic mass is 10.00. The molecule has 7 heteroatoms. The highest BCUT2D eigenvalue weighted by atomic mass is 32.2. The minimum Gasteiger partial charge on any atom is -0.389 e. The van der Waals surface area contributed by atoms with Gasteiger partial charge in [0, 0.05) is 19.5 Å². The average molecular weight is 350 g/mol. The maximum absolute atomic E-state index is 12.7. The van der Waals surface area contributed by atoms with Gasteiger partial charge < -0.3 is 10.0 Å². The molecule has 1 saturated carbocycles. The summed E-state index contributed by atoms with van der Waals surface area (Å²) in [5.74, 6) is 0.302. The van der Waals surface area contributed by atoms with E-state index in [1.54, 1.807) is 24.0 Å². The topological polar surface area (TPSA) is 86.7 Å². The summed E-state index contributed by atoms with van der Waals surface area (Å²) in [5, 5.41) is 10.3. The van der Waals surface area contributed by atoms with Crippen molar-refractivity contribution < 1.29 is 18.3 Å². The van der Waals surface area contributed by atoms with Gasteiger partial charge in [-0.15, -0.1) is 0 Å². The van der Waals surface area contributed by atoms with Crippen LogP contribution in [0.4, 0.5) is 5.69 Å². The molecule has 4 rings (SSSR count). The van der Waals surface area contributed by atoms with Crippen molar-refractivity contribution in [3.63, 3.8) is 0 Å². The molecular formula is C17H22N2O4S. The van der Waals surface area contributed by atoms with E-state index in [1.165, 1.54) is 0 Å². The van der Waals surface area contributed by atoms with Gasteiger partial charge in [0.1, 0.15) is 0 Å². The lowest BCUT2D eigenvalue weighted by Gasteiger charge is -2.26. The van der Waals surface area contributed by atoms with Crippen LogP contribution in [-0.2, 0) is 27.7 Å². The maximum atomic E-state index is 12.7. The van der Waals surface area contributed by atoms with Gasteiger partial charge >= 0.3 is 0 Å². The van der Waals surface area contributed by atoms with Gasteiger partial charge in [0.05, 0.1) is 16.2 Å². The van der Waals surface area contributed by atoms with Crippen molar-refractivity contribution in [1.29, 1.82) is 0 Å². The first-order chi connectivity index (χ1) is 11.3. The zero-order chi connectivity index (χ0) is 17.1. The Balaban J connectivity index is 1.61. The quantitative estimate of drug-likeness (QED) is 0.828. The number of hydrogen-bond donors (Lipinski definition) is 2. The Morgan fingerprint density at radius 3 is 2.58 bits per heavy atom. The number of nitrogens with zero attached hydrogens (tertiary/aromatic N) is 1. The molecule has 2 aliphatic heterocycles. The Kier molecular flexibility index (Phi) is 3.53. The number of anilines is 1. The largest absolute Gasteiger partial charge is 0.389 e. The predicted octanol–water partition coefficient (Wildman–Crippen LogP) is 0.961. The van der Waals surface area contributed by atoms with Crippen LogP contribution in [0, 0.1) is 5.92 Å². The third kappa shape index (κ3) is 2.64. The van der Waals surface area contributed by atoms with E-state index in [0.29, 0.717) is 25.8 Å². The highest BCUT2D eigenvalue weighted by molar-refractivity contribution is 7.89. The lowest BCUT2D eigenvalue weighted by Crippen LogP contribution is -2.42. The van der Waals surface area contributed by atoms with E-state index in [0.717, 1.165) is 29.7 Å². The van der Waals surface area contributed by atoms with Crippen LogP contribution in [0.3, 0.4) is 0 Å². The normalized spacial score (nSPS) is 22.4. The molecule has 1 unspecified atom stereocenters. The van der Waals surface area contributed by atoms with Gasteiger partial charge in [-0.1, -0.05) is 0 Å². The van der Waals surface area contributed by atoms with Gasteiger partial charge in [-0.25, -0.2) is 13.1 Å². The van der Waals surface area contributed by atoms with Crippen LogP contribution in [0.5, 0.6) is 0 Å². The molecule has 1 atom stereocenters. The van der Waals surface area contributed by atoms with Crippen LogP contribution >= 0.6 is 0 Å². The molecule has 2 N–H and O–H groups in total. The second-order valence-electron chi connectivity index (χ2n) is 7.34. The highest BCUT2D eigenvalue weighted by Gasteiger charge is 2.40. The first kappa shape index (κ1) is 16.1. The van der Waals surface area contributed by atoms with Gasteiger partial charge in [-0.05, 0) is 61.8 Å². The van der Waals surface area contributed by atoms with Crippen molar-refractivity contribution in [2.75, 3.05) is 18.0 Å². The summed E-state index contributed by atoms with van der Waals surface area (Å²) in [6, 6.07) is 3.35. The third-order valence-corrected chi connectivity index (χ3v) is 6.79. The number of benzene rings is 1. The molecule has 1 amide bonds. The summed E-state index contributed by atoms with van der Waals surface area (Å²) in [7, 11) is -3.67. The summed E-state index contributed by atoms with van der Waals surface area (Å²) >= 11 is 0. The number of aliphatic hydroxyl groups is 1. The van der Waals surface area contributed by atoms with Crippen LogP contribution in [0.25, 0.3) is 0 Å². The van der Waals surface area contributed by atoms with E-state index >= 15 is 0 Å². The molecule has 3 aliphatic rings. The van der Waals surface area contributed by atoms with E-state index in [4.69, 9.17) is 0 Å². The molecule has 0 bridgehead atoms. The fraction of sp³-hybridized carbons (Fsp3) is 0.588. The summed E-state index contributed by atoms with van der Waals surface area (Å²) in [5.41, 5.74) is 1.77. The van der Waals surface area contributed by atoms with E-state index in [1.807, 2.05) is 0 Å². The second kappa shape index (κ2) is 5.28. The Hall–Kier alpha value is -1.44. The first-order valence-electron chi connectivity index (χ1n) is 8.46. The molecule has 1 fully saturated rings. The molecule has 1 aliphatic carbocycles. The molecule has 1 aromatic carbocycles. The lowest BCUT2D eigenvalue weighted by molar-refractivity contribution is -0.118. The minimum absolute atomic E-state index is 0.0248. The van der Waals surface area contributed by atoms with Crippen LogP contribution in [-0.4, -0.2) is 38.1 Å². The number of amides is 1. The van der Waals surface area contributed by atoms with E-state index in [9.17, 15) is 18.3 Å². The highest BCUT2D eigenvalue weighted by Crippen LogP contribution is 2.40. The first-order valence-corrected chi connectivity index (χ1v) is 9.94. The Labute approximate surface area is 141 Å². The molecule has 130 valence electrons. The molecule has 0 aromatic heterocycles. The molecule has 1 aromatic rings. The molecule has 2 heterocycles. The number of sulfonamides is 1. The van der Waals surface area contributed by atoms with Crippen molar-refractivity contribution in [1.82, 2.24) is 4.72 Å². The molecule has 0 saturated heterocycles. The van der Waals surface area contributed by atoms with Crippen molar-refractivity contribution in [2.24, 2.45) is 5.92 Å². The molecule has 0 spiro atoms. The number of nitrogens with one attached hydrogen (secondary N) is 1. The van der Waals surface area contributed by atoms with Crippen LogP contribution in [0.15, 0.2) is 17.0 Å². The van der Waals surface area contributed by atoms with Crippen molar-refractivity contribution in [3.8, 4) is 0 Å². The molecule has 6 nitrogen and oxygen atoms in total. The van der Waals surface area contributed by atoms with Crippen molar-refractivity contribution in [2.45, 2.75) is 49.5 Å². The maximum Gasteiger partial charge on any atom is 0.240 e. The van der Waals surface area contributed by atoms with Crippen LogP contribution < -0.4 is 9.62 Å². The van der Waals surface area contributed by atoms with Gasteiger partial charge in [0.2, 0.25) is 15.9 Å². The average Bonchev–Trinajstić information content (AvgIpc) is 3.31. The van der Waals surface area contributed by atoms with Gasteiger partial charge in [0.15, 0.2) is 0 Å². The summed E-state index contributed by atoms with van der Waals surface area (Å²) in [6.07, 6.45) is 3.60. The summed E-state index contributed by atoms with van der Waals surface area (Å²) in [4.78, 5) is 14.0. The number of hydrogen-bond acceptors (Lipinski definition) is 4. The second-order valence-corrected chi connectivity index (χ2v) is 9.11. The SMILES string of the molecule is CC(O)(CNS(=O)(=O)c1cc2c3c(c1)CCN3C(=O)CC2)C1CC1. The van der Waals surface area contributed by atoms with E-state index in [2.05, 4.69) is 4.72 Å². The Bertz CT molecular complexity index is 812. The summed E-state index contributed by atoms with van der Waals surface area (Å²) < 4.78 is 27.9. The van der Waals surface area contributed by atoms with E-state index < -0.39 is 15.6 Å². The minimum atomic E-state index is -3.67. The number of carbonyl (C=O) groups is 1. The molecule has 0 radical (unpaired) electrons. The van der Waals surface area contributed by atoms with E-state index in [-0.39, 0.29) is 23.3 Å². The van der Waals surface area contributed by atoms with Gasteiger partial charge in [-0.3, -0.25) is 4.79 Å². The zero-order valence-electron chi connectivity index (χ0n) is 13.7.